The summed E-state index contributed by atoms with van der Waals surface area (Å²) >= 11 is 0. The van der Waals surface area contributed by atoms with Crippen molar-refractivity contribution in [1.82, 2.24) is 5.32 Å². The zero-order chi connectivity index (χ0) is 18.4. The summed E-state index contributed by atoms with van der Waals surface area (Å²) in [5, 5.41) is 12.1. The van der Waals surface area contributed by atoms with Gasteiger partial charge in [-0.25, -0.2) is 0 Å². The van der Waals surface area contributed by atoms with Crippen molar-refractivity contribution in [2.24, 2.45) is 0 Å². The highest BCUT2D eigenvalue weighted by atomic mass is 16.6. The quantitative estimate of drug-likeness (QED) is 0.374. The number of allylic oxidation sites excluding steroid dienone is 2. The molecule has 25 heavy (non-hydrogen) atoms. The number of amides is 1. The summed E-state index contributed by atoms with van der Waals surface area (Å²) in [5.41, 5.74) is -0.853. The molecule has 1 atom stereocenters. The molecule has 1 aromatic rings. The molecule has 5 heteroatoms. The molecule has 0 fully saturated rings. The molecule has 0 aliphatic heterocycles. The molecular weight excluding hydrogens is 316 g/mol. The molecule has 0 bridgehead atoms. The van der Waals surface area contributed by atoms with E-state index in [0.29, 0.717) is 24.9 Å². The van der Waals surface area contributed by atoms with Gasteiger partial charge in [-0.15, -0.1) is 0 Å². The maximum atomic E-state index is 11.4. The highest BCUT2D eigenvalue weighted by Crippen LogP contribution is 2.28. The Hall–Kier alpha value is -3.49. The first-order valence-electron chi connectivity index (χ1n) is 7.60. The molecule has 0 saturated carbocycles. The van der Waals surface area contributed by atoms with E-state index in [-0.39, 0.29) is 6.42 Å². The maximum Gasteiger partial charge on any atom is 0.304 e. The zero-order valence-electron chi connectivity index (χ0n) is 13.9. The number of esters is 1. The van der Waals surface area contributed by atoms with Crippen LogP contribution >= 0.6 is 0 Å². The number of hydrogen-bond acceptors (Lipinski definition) is 4. The maximum absolute atomic E-state index is 11.4. The molecule has 5 nitrogen and oxygen atoms in total. The monoisotopic (exact) mass is 334 g/mol. The molecule has 1 amide bonds. The van der Waals surface area contributed by atoms with Gasteiger partial charge >= 0.3 is 5.97 Å². The summed E-state index contributed by atoms with van der Waals surface area (Å²) < 4.78 is 5.27. The number of nitrogens with one attached hydrogen (secondary N) is 1. The van der Waals surface area contributed by atoms with Crippen LogP contribution in [-0.4, -0.2) is 18.9 Å². The Morgan fingerprint density at radius 3 is 2.52 bits per heavy atom. The van der Waals surface area contributed by atoms with E-state index in [1.54, 1.807) is 36.4 Å². The fraction of sp³-hybridized carbons (Fsp3) is 0.250. The van der Waals surface area contributed by atoms with Crippen LogP contribution in [0.3, 0.4) is 0 Å². The van der Waals surface area contributed by atoms with Crippen molar-refractivity contribution in [3.8, 4) is 29.8 Å². The van der Waals surface area contributed by atoms with E-state index in [0.717, 1.165) is 0 Å². The molecular formula is C20H18N2O3. The molecule has 0 aliphatic carbocycles. The standard InChI is InChI=1S/C20H18N2O3/c1-18(24)25-20(16-21,19-12-8-7-9-13-19)14-10-5-3-2-4-6-11-15-22-17-23/h2-3,7-9,12-13,17H,11,14-15H2,1H3,(H,22,23)/b3-2-. The second kappa shape index (κ2) is 11.1. The van der Waals surface area contributed by atoms with Crippen molar-refractivity contribution in [2.45, 2.75) is 25.4 Å². The Morgan fingerprint density at radius 2 is 1.92 bits per heavy atom. The molecule has 0 radical (unpaired) electrons. The number of nitriles is 1. The van der Waals surface area contributed by atoms with E-state index in [9.17, 15) is 14.9 Å². The van der Waals surface area contributed by atoms with Crippen LogP contribution < -0.4 is 5.32 Å². The topological polar surface area (TPSA) is 79.2 Å². The Bertz CT molecular complexity index is 770. The molecule has 0 spiro atoms. The smallest absolute Gasteiger partial charge is 0.304 e. The third-order valence-electron chi connectivity index (χ3n) is 3.01. The summed E-state index contributed by atoms with van der Waals surface area (Å²) in [7, 11) is 0. The largest absolute Gasteiger partial charge is 0.438 e. The highest BCUT2D eigenvalue weighted by Gasteiger charge is 2.35. The van der Waals surface area contributed by atoms with Crippen molar-refractivity contribution in [1.29, 1.82) is 5.26 Å². The van der Waals surface area contributed by atoms with Gasteiger partial charge in [0.1, 0.15) is 6.07 Å². The van der Waals surface area contributed by atoms with Crippen molar-refractivity contribution < 1.29 is 14.3 Å². The van der Waals surface area contributed by atoms with Gasteiger partial charge in [-0.05, 0) is 12.2 Å². The minimum atomic E-state index is -1.43. The van der Waals surface area contributed by atoms with Crippen molar-refractivity contribution >= 4 is 12.4 Å². The van der Waals surface area contributed by atoms with Crippen LogP contribution in [-0.2, 0) is 19.9 Å². The van der Waals surface area contributed by atoms with E-state index in [2.05, 4.69) is 35.1 Å². The second-order valence-electron chi connectivity index (χ2n) is 4.87. The van der Waals surface area contributed by atoms with Gasteiger partial charge < -0.3 is 10.1 Å². The molecule has 0 saturated heterocycles. The number of benzene rings is 1. The average Bonchev–Trinajstić information content (AvgIpc) is 2.62. The minimum absolute atomic E-state index is 0.0497. The summed E-state index contributed by atoms with van der Waals surface area (Å²) in [6.07, 6.45) is 4.36. The van der Waals surface area contributed by atoms with Crippen LogP contribution in [0.2, 0.25) is 0 Å². The summed E-state index contributed by atoms with van der Waals surface area (Å²) in [5.74, 6) is 10.7. The van der Waals surface area contributed by atoms with E-state index >= 15 is 0 Å². The molecule has 1 unspecified atom stereocenters. The van der Waals surface area contributed by atoms with Crippen LogP contribution in [0.15, 0.2) is 42.5 Å². The van der Waals surface area contributed by atoms with Gasteiger partial charge in [0, 0.05) is 25.5 Å². The normalized spacial score (nSPS) is 11.7. The van der Waals surface area contributed by atoms with E-state index < -0.39 is 11.6 Å². The van der Waals surface area contributed by atoms with Crippen LogP contribution in [0.1, 0.15) is 25.3 Å². The Balaban J connectivity index is 2.77. The summed E-state index contributed by atoms with van der Waals surface area (Å²) in [4.78, 5) is 21.4. The van der Waals surface area contributed by atoms with Gasteiger partial charge in [0.05, 0.1) is 6.42 Å². The molecule has 1 N–H and O–H groups in total. The van der Waals surface area contributed by atoms with E-state index in [1.165, 1.54) is 6.92 Å². The lowest BCUT2D eigenvalue weighted by atomic mass is 9.92. The lowest BCUT2D eigenvalue weighted by molar-refractivity contribution is -0.152. The van der Waals surface area contributed by atoms with Crippen molar-refractivity contribution in [2.75, 3.05) is 6.54 Å². The van der Waals surface area contributed by atoms with Crippen molar-refractivity contribution in [3.63, 3.8) is 0 Å². The molecule has 0 heterocycles. The number of nitrogens with zero attached hydrogens (tertiary/aromatic N) is 1. The molecule has 1 rings (SSSR count). The zero-order valence-corrected chi connectivity index (χ0v) is 13.9. The van der Waals surface area contributed by atoms with Gasteiger partial charge in [0.25, 0.3) is 0 Å². The summed E-state index contributed by atoms with van der Waals surface area (Å²) in [6.45, 7) is 1.76. The van der Waals surface area contributed by atoms with Crippen LogP contribution in [0.5, 0.6) is 0 Å². The Labute approximate surface area is 147 Å². The van der Waals surface area contributed by atoms with Gasteiger partial charge in [-0.1, -0.05) is 54.0 Å². The number of carbonyl (C=O) groups excluding carboxylic acids is 2. The van der Waals surface area contributed by atoms with Gasteiger partial charge in [-0.3, -0.25) is 9.59 Å². The molecule has 1 aromatic carbocycles. The van der Waals surface area contributed by atoms with Gasteiger partial charge in [0.2, 0.25) is 12.0 Å². The predicted octanol–water partition coefficient (Wildman–Crippen LogP) is 2.06. The number of carbonyl (C=O) groups is 2. The highest BCUT2D eigenvalue weighted by molar-refractivity contribution is 5.67. The second-order valence-corrected chi connectivity index (χ2v) is 4.87. The fourth-order valence-corrected chi connectivity index (χ4v) is 1.92. The lowest BCUT2D eigenvalue weighted by Crippen LogP contribution is -2.29. The van der Waals surface area contributed by atoms with E-state index in [4.69, 9.17) is 4.74 Å². The third kappa shape index (κ3) is 7.08. The Morgan fingerprint density at radius 1 is 1.24 bits per heavy atom. The van der Waals surface area contributed by atoms with E-state index in [1.807, 2.05) is 6.07 Å². The minimum Gasteiger partial charge on any atom is -0.438 e. The third-order valence-corrected chi connectivity index (χ3v) is 3.01. The number of hydrogen-bond donors (Lipinski definition) is 1. The number of ether oxygens (including phenoxy) is 1. The van der Waals surface area contributed by atoms with Crippen LogP contribution in [0.4, 0.5) is 0 Å². The first kappa shape index (κ1) is 19.6. The lowest BCUT2D eigenvalue weighted by Gasteiger charge is -2.24. The predicted molar refractivity (Wildman–Crippen MR) is 93.5 cm³/mol. The van der Waals surface area contributed by atoms with Gasteiger partial charge in [-0.2, -0.15) is 5.26 Å². The van der Waals surface area contributed by atoms with Crippen LogP contribution in [0.25, 0.3) is 0 Å². The molecule has 0 aliphatic rings. The van der Waals surface area contributed by atoms with Gasteiger partial charge in [0.15, 0.2) is 0 Å². The van der Waals surface area contributed by atoms with Crippen molar-refractivity contribution in [3.05, 3.63) is 48.0 Å². The molecule has 126 valence electrons. The fourth-order valence-electron chi connectivity index (χ4n) is 1.92. The van der Waals surface area contributed by atoms with Crippen LogP contribution in [0, 0.1) is 35.0 Å². The molecule has 0 aromatic heterocycles. The Kier molecular flexibility index (Phi) is 8.69. The first-order chi connectivity index (χ1) is 12.1. The number of rotatable bonds is 6. The first-order valence-corrected chi connectivity index (χ1v) is 7.60. The SMILES string of the molecule is CC(=O)OC(C#N)(CC#C/C=C\C#CCCNC=O)c1ccccc1. The summed E-state index contributed by atoms with van der Waals surface area (Å²) in [6, 6.07) is 10.9. The average molecular weight is 334 g/mol.